The van der Waals surface area contributed by atoms with Crippen LogP contribution >= 0.6 is 23.1 Å². The number of rotatable bonds is 6. The highest BCUT2D eigenvalue weighted by Gasteiger charge is 2.11. The molecule has 2 heterocycles. The van der Waals surface area contributed by atoms with Gasteiger partial charge in [-0.25, -0.2) is 4.98 Å². The highest BCUT2D eigenvalue weighted by atomic mass is 32.2. The van der Waals surface area contributed by atoms with Crippen LogP contribution in [0.2, 0.25) is 0 Å². The smallest absolute Gasteiger partial charge is 0.277 e. The van der Waals surface area contributed by atoms with Crippen LogP contribution in [0.15, 0.2) is 63.6 Å². The maximum Gasteiger partial charge on any atom is 0.277 e. The van der Waals surface area contributed by atoms with E-state index in [1.807, 2.05) is 41.8 Å². The van der Waals surface area contributed by atoms with E-state index in [4.69, 9.17) is 4.42 Å². The van der Waals surface area contributed by atoms with Gasteiger partial charge in [0.1, 0.15) is 0 Å². The second kappa shape index (κ2) is 7.94. The van der Waals surface area contributed by atoms with Crippen LogP contribution in [0.3, 0.4) is 0 Å². The predicted octanol–water partition coefficient (Wildman–Crippen LogP) is 5.85. The number of thiazole rings is 1. The van der Waals surface area contributed by atoms with E-state index >= 15 is 0 Å². The van der Waals surface area contributed by atoms with Crippen molar-refractivity contribution < 1.29 is 4.42 Å². The van der Waals surface area contributed by atoms with Crippen molar-refractivity contribution in [2.75, 3.05) is 5.32 Å². The van der Waals surface area contributed by atoms with Crippen LogP contribution in [0.4, 0.5) is 10.8 Å². The molecule has 7 heteroatoms. The molecule has 2 aromatic heterocycles. The number of aryl methyl sites for hydroxylation is 2. The summed E-state index contributed by atoms with van der Waals surface area (Å²) in [4.78, 5) is 4.63. The molecule has 4 rings (SSSR count). The maximum absolute atomic E-state index is 5.75. The zero-order chi connectivity index (χ0) is 18.6. The van der Waals surface area contributed by atoms with E-state index < -0.39 is 0 Å². The minimum Gasteiger partial charge on any atom is -0.411 e. The molecule has 0 saturated heterocycles. The van der Waals surface area contributed by atoms with Crippen molar-refractivity contribution in [3.8, 4) is 11.5 Å². The Bertz CT molecular complexity index is 1040. The Morgan fingerprint density at radius 1 is 1.04 bits per heavy atom. The topological polar surface area (TPSA) is 63.8 Å². The molecule has 0 aliphatic carbocycles. The number of benzene rings is 2. The third-order valence-electron chi connectivity index (χ3n) is 3.99. The first kappa shape index (κ1) is 17.8. The van der Waals surface area contributed by atoms with Crippen molar-refractivity contribution in [1.82, 2.24) is 15.2 Å². The highest BCUT2D eigenvalue weighted by molar-refractivity contribution is 7.98. The Balaban J connectivity index is 1.38. The van der Waals surface area contributed by atoms with Gasteiger partial charge in [0.05, 0.1) is 5.69 Å². The van der Waals surface area contributed by atoms with Crippen molar-refractivity contribution >= 4 is 33.9 Å². The number of para-hydroxylation sites is 1. The van der Waals surface area contributed by atoms with Crippen LogP contribution in [0.25, 0.3) is 11.5 Å². The van der Waals surface area contributed by atoms with Gasteiger partial charge in [0, 0.05) is 22.4 Å². The molecular weight excluding hydrogens is 376 g/mol. The third kappa shape index (κ3) is 4.37. The molecule has 0 fully saturated rings. The zero-order valence-electron chi connectivity index (χ0n) is 15.0. The van der Waals surface area contributed by atoms with Gasteiger partial charge in [0.2, 0.25) is 5.89 Å². The molecule has 5 nitrogen and oxygen atoms in total. The van der Waals surface area contributed by atoms with Crippen molar-refractivity contribution in [3.05, 3.63) is 70.7 Å². The quantitative estimate of drug-likeness (QED) is 0.414. The summed E-state index contributed by atoms with van der Waals surface area (Å²) >= 11 is 3.08. The van der Waals surface area contributed by atoms with Crippen LogP contribution in [0, 0.1) is 13.8 Å². The molecule has 0 amide bonds. The molecule has 0 spiro atoms. The fourth-order valence-electron chi connectivity index (χ4n) is 2.48. The normalized spacial score (nSPS) is 10.9. The summed E-state index contributed by atoms with van der Waals surface area (Å²) in [6, 6.07) is 16.2. The van der Waals surface area contributed by atoms with E-state index in [9.17, 15) is 0 Å². The Morgan fingerprint density at radius 3 is 2.67 bits per heavy atom. The van der Waals surface area contributed by atoms with E-state index in [1.54, 1.807) is 11.3 Å². The Labute approximate surface area is 165 Å². The number of anilines is 2. The second-order valence-corrected chi connectivity index (χ2v) is 7.90. The predicted molar refractivity (Wildman–Crippen MR) is 111 cm³/mol. The minimum atomic E-state index is 0.540. The van der Waals surface area contributed by atoms with Crippen LogP contribution in [-0.4, -0.2) is 15.2 Å². The van der Waals surface area contributed by atoms with Crippen LogP contribution in [-0.2, 0) is 5.75 Å². The number of aromatic nitrogens is 3. The molecule has 2 aromatic carbocycles. The lowest BCUT2D eigenvalue weighted by atomic mass is 10.1. The first-order chi connectivity index (χ1) is 13.2. The number of nitrogens with one attached hydrogen (secondary N) is 1. The third-order valence-corrected chi connectivity index (χ3v) is 5.65. The Morgan fingerprint density at radius 2 is 1.85 bits per heavy atom. The fraction of sp³-hybridized carbons (Fsp3) is 0.150. The van der Waals surface area contributed by atoms with Gasteiger partial charge in [0.25, 0.3) is 5.22 Å². The number of hydrogen-bond acceptors (Lipinski definition) is 7. The minimum absolute atomic E-state index is 0.540. The molecule has 0 aliphatic heterocycles. The largest absolute Gasteiger partial charge is 0.411 e. The van der Waals surface area contributed by atoms with Crippen LogP contribution < -0.4 is 5.32 Å². The molecule has 1 N–H and O–H groups in total. The summed E-state index contributed by atoms with van der Waals surface area (Å²) in [6.45, 7) is 4.13. The standard InChI is InChI=1S/C20H18N4OS2/c1-13-7-9-15(10-8-13)18-23-24-20(25-18)27-12-16-11-26-19(21-16)22-17-6-4-3-5-14(17)2/h3-11H,12H2,1-2H3,(H,21,22). The lowest BCUT2D eigenvalue weighted by Gasteiger charge is -2.05. The van der Waals surface area contributed by atoms with Crippen LogP contribution in [0.1, 0.15) is 16.8 Å². The molecule has 136 valence electrons. The molecule has 0 aliphatic rings. The van der Waals surface area contributed by atoms with Gasteiger partial charge in [-0.3, -0.25) is 0 Å². The first-order valence-corrected chi connectivity index (χ1v) is 10.3. The summed E-state index contributed by atoms with van der Waals surface area (Å²) in [5.74, 6) is 1.22. The van der Waals surface area contributed by atoms with Crippen molar-refractivity contribution in [1.29, 1.82) is 0 Å². The Hall–Kier alpha value is -2.64. The van der Waals surface area contributed by atoms with Gasteiger partial charge >= 0.3 is 0 Å². The molecule has 0 unspecified atom stereocenters. The van der Waals surface area contributed by atoms with E-state index in [0.717, 1.165) is 22.1 Å². The number of nitrogens with zero attached hydrogens (tertiary/aromatic N) is 3. The number of hydrogen-bond donors (Lipinski definition) is 1. The Kier molecular flexibility index (Phi) is 5.22. The average molecular weight is 395 g/mol. The van der Waals surface area contributed by atoms with Gasteiger partial charge in [-0.05, 0) is 37.6 Å². The lowest BCUT2D eigenvalue weighted by molar-refractivity contribution is 0.466. The summed E-state index contributed by atoms with van der Waals surface area (Å²) in [6.07, 6.45) is 0. The molecule has 0 saturated carbocycles. The fourth-order valence-corrected chi connectivity index (χ4v) is 3.96. The zero-order valence-corrected chi connectivity index (χ0v) is 16.6. The molecule has 4 aromatic rings. The summed E-state index contributed by atoms with van der Waals surface area (Å²) in [7, 11) is 0. The van der Waals surface area contributed by atoms with E-state index in [1.165, 1.54) is 22.9 Å². The molecule has 27 heavy (non-hydrogen) atoms. The molecule has 0 atom stereocenters. The van der Waals surface area contributed by atoms with Gasteiger partial charge in [-0.2, -0.15) is 0 Å². The van der Waals surface area contributed by atoms with Gasteiger partial charge in [-0.1, -0.05) is 47.7 Å². The molecular formula is C20H18N4OS2. The van der Waals surface area contributed by atoms with Crippen molar-refractivity contribution in [3.63, 3.8) is 0 Å². The highest BCUT2D eigenvalue weighted by Crippen LogP contribution is 2.28. The monoisotopic (exact) mass is 394 g/mol. The second-order valence-electron chi connectivity index (χ2n) is 6.11. The van der Waals surface area contributed by atoms with E-state index in [2.05, 4.69) is 46.5 Å². The summed E-state index contributed by atoms with van der Waals surface area (Å²) < 4.78 is 5.75. The molecule has 0 radical (unpaired) electrons. The van der Waals surface area contributed by atoms with Gasteiger partial charge in [-0.15, -0.1) is 21.5 Å². The van der Waals surface area contributed by atoms with Crippen LogP contribution in [0.5, 0.6) is 0 Å². The van der Waals surface area contributed by atoms with E-state index in [0.29, 0.717) is 16.9 Å². The SMILES string of the molecule is Cc1ccc(-c2nnc(SCc3csc(Nc4ccccc4C)n3)o2)cc1. The van der Waals surface area contributed by atoms with E-state index in [-0.39, 0.29) is 0 Å². The van der Waals surface area contributed by atoms with Crippen molar-refractivity contribution in [2.24, 2.45) is 0 Å². The first-order valence-electron chi connectivity index (χ1n) is 8.48. The van der Waals surface area contributed by atoms with Crippen molar-refractivity contribution in [2.45, 2.75) is 24.8 Å². The maximum atomic E-state index is 5.75. The van der Waals surface area contributed by atoms with Gasteiger partial charge < -0.3 is 9.73 Å². The lowest BCUT2D eigenvalue weighted by Crippen LogP contribution is -1.92. The number of thioether (sulfide) groups is 1. The molecule has 0 bridgehead atoms. The summed E-state index contributed by atoms with van der Waals surface area (Å²) in [5.41, 5.74) is 5.38. The van der Waals surface area contributed by atoms with Gasteiger partial charge in [0.15, 0.2) is 5.13 Å². The average Bonchev–Trinajstić information content (AvgIpc) is 3.32. The summed E-state index contributed by atoms with van der Waals surface area (Å²) in [5, 5.41) is 15.1.